The molecular formula is C19H22N2O5S. The van der Waals surface area contributed by atoms with Crippen LogP contribution in [-0.2, 0) is 21.2 Å². The van der Waals surface area contributed by atoms with E-state index in [4.69, 9.17) is 4.74 Å². The Hall–Kier alpha value is -2.74. The van der Waals surface area contributed by atoms with E-state index >= 15 is 0 Å². The molecule has 27 heavy (non-hydrogen) atoms. The normalized spacial score (nSPS) is 15.6. The first kappa shape index (κ1) is 19.0. The molecule has 8 heteroatoms. The van der Waals surface area contributed by atoms with E-state index in [-0.39, 0.29) is 29.5 Å². The number of aromatic hydroxyl groups is 1. The Kier molecular flexibility index (Phi) is 5.27. The number of benzene rings is 2. The molecule has 1 fully saturated rings. The van der Waals surface area contributed by atoms with E-state index < -0.39 is 10.0 Å². The van der Waals surface area contributed by atoms with E-state index in [1.54, 1.807) is 13.2 Å². The number of anilines is 2. The van der Waals surface area contributed by atoms with Crippen LogP contribution in [0, 0.1) is 6.92 Å². The summed E-state index contributed by atoms with van der Waals surface area (Å²) in [6.45, 7) is 2.31. The third kappa shape index (κ3) is 4.16. The van der Waals surface area contributed by atoms with E-state index in [9.17, 15) is 18.3 Å². The van der Waals surface area contributed by atoms with E-state index in [0.717, 1.165) is 11.1 Å². The average molecular weight is 390 g/mol. The van der Waals surface area contributed by atoms with Crippen molar-refractivity contribution in [2.75, 3.05) is 29.0 Å². The molecule has 1 saturated heterocycles. The smallest absolute Gasteiger partial charge is 0.235 e. The van der Waals surface area contributed by atoms with Gasteiger partial charge in [0.15, 0.2) is 0 Å². The van der Waals surface area contributed by atoms with Crippen molar-refractivity contribution < 1.29 is 23.1 Å². The molecule has 3 rings (SSSR count). The number of methoxy groups -OCH3 is 1. The molecular weight excluding hydrogens is 368 g/mol. The number of phenols is 1. The zero-order valence-electron chi connectivity index (χ0n) is 15.2. The van der Waals surface area contributed by atoms with Gasteiger partial charge in [0.05, 0.1) is 30.7 Å². The van der Waals surface area contributed by atoms with Crippen molar-refractivity contribution in [1.29, 1.82) is 0 Å². The molecule has 0 bridgehead atoms. The number of amides is 1. The second-order valence-electron chi connectivity index (χ2n) is 6.47. The first-order chi connectivity index (χ1) is 12.8. The Bertz CT molecular complexity index is 972. The number of hydrogen-bond donors (Lipinski definition) is 2. The first-order valence-electron chi connectivity index (χ1n) is 8.57. The summed E-state index contributed by atoms with van der Waals surface area (Å²) in [4.78, 5) is 12.4. The Balaban J connectivity index is 1.77. The van der Waals surface area contributed by atoms with Crippen LogP contribution in [0.25, 0.3) is 0 Å². The van der Waals surface area contributed by atoms with Gasteiger partial charge in [-0.2, -0.15) is 0 Å². The highest BCUT2D eigenvalue weighted by atomic mass is 32.2. The van der Waals surface area contributed by atoms with Crippen LogP contribution in [0.2, 0.25) is 0 Å². The van der Waals surface area contributed by atoms with Gasteiger partial charge >= 0.3 is 0 Å². The van der Waals surface area contributed by atoms with Gasteiger partial charge in [-0.15, -0.1) is 0 Å². The number of ether oxygens (including phenoxy) is 1. The Morgan fingerprint density at radius 3 is 2.70 bits per heavy atom. The summed E-state index contributed by atoms with van der Waals surface area (Å²) in [7, 11) is -1.76. The number of phenolic OH excluding ortho intramolecular Hbond substituents is 1. The number of nitrogens with zero attached hydrogens (tertiary/aromatic N) is 1. The van der Waals surface area contributed by atoms with Crippen LogP contribution in [0.1, 0.15) is 17.5 Å². The molecule has 0 atom stereocenters. The molecule has 1 amide bonds. The topological polar surface area (TPSA) is 95.9 Å². The zero-order chi connectivity index (χ0) is 19.6. The molecule has 0 saturated carbocycles. The first-order valence-corrected chi connectivity index (χ1v) is 10.2. The second-order valence-corrected chi connectivity index (χ2v) is 8.48. The molecule has 1 aliphatic rings. The van der Waals surface area contributed by atoms with E-state index in [1.165, 1.54) is 22.5 Å². The largest absolute Gasteiger partial charge is 0.506 e. The lowest BCUT2D eigenvalue weighted by Crippen LogP contribution is -2.25. The van der Waals surface area contributed by atoms with Crippen molar-refractivity contribution in [2.45, 2.75) is 19.8 Å². The van der Waals surface area contributed by atoms with Crippen molar-refractivity contribution >= 4 is 27.3 Å². The van der Waals surface area contributed by atoms with Crippen LogP contribution in [0.5, 0.6) is 11.5 Å². The predicted molar refractivity (Wildman–Crippen MR) is 104 cm³/mol. The molecule has 0 unspecified atom stereocenters. The summed E-state index contributed by atoms with van der Waals surface area (Å²) in [5.74, 6) is 0.359. The molecule has 2 N–H and O–H groups in total. The van der Waals surface area contributed by atoms with Crippen molar-refractivity contribution in [3.05, 3.63) is 47.5 Å². The quantitative estimate of drug-likeness (QED) is 0.765. The monoisotopic (exact) mass is 390 g/mol. The van der Waals surface area contributed by atoms with E-state index in [0.29, 0.717) is 24.4 Å². The lowest BCUT2D eigenvalue weighted by molar-refractivity contribution is -0.115. The molecule has 7 nitrogen and oxygen atoms in total. The summed E-state index contributed by atoms with van der Waals surface area (Å²) in [6, 6.07) is 9.89. The average Bonchev–Trinajstić information content (AvgIpc) is 2.97. The number of hydrogen-bond acceptors (Lipinski definition) is 5. The van der Waals surface area contributed by atoms with Crippen molar-refractivity contribution in [3.63, 3.8) is 0 Å². The highest BCUT2D eigenvalue weighted by Crippen LogP contribution is 2.32. The number of nitrogens with one attached hydrogen (secondary N) is 1. The fourth-order valence-electron chi connectivity index (χ4n) is 3.06. The Morgan fingerprint density at radius 2 is 2.04 bits per heavy atom. The third-order valence-corrected chi connectivity index (χ3v) is 6.35. The number of aryl methyl sites for hydroxylation is 1. The Labute approximate surface area is 158 Å². The van der Waals surface area contributed by atoms with E-state index in [2.05, 4.69) is 5.32 Å². The van der Waals surface area contributed by atoms with Crippen LogP contribution in [0.4, 0.5) is 11.4 Å². The molecule has 0 radical (unpaired) electrons. The number of carbonyl (C=O) groups excluding carboxylic acids is 1. The zero-order valence-corrected chi connectivity index (χ0v) is 16.0. The highest BCUT2D eigenvalue weighted by molar-refractivity contribution is 7.93. The van der Waals surface area contributed by atoms with Crippen molar-refractivity contribution in [2.24, 2.45) is 0 Å². The maximum Gasteiger partial charge on any atom is 0.235 e. The van der Waals surface area contributed by atoms with Gasteiger partial charge in [-0.3, -0.25) is 9.10 Å². The molecule has 2 aromatic carbocycles. The number of sulfonamides is 1. The molecule has 1 aliphatic heterocycles. The fraction of sp³-hybridized carbons (Fsp3) is 0.316. The second kappa shape index (κ2) is 7.48. The summed E-state index contributed by atoms with van der Waals surface area (Å²) in [5.41, 5.74) is 2.35. The summed E-state index contributed by atoms with van der Waals surface area (Å²) < 4.78 is 30.7. The van der Waals surface area contributed by atoms with Crippen LogP contribution >= 0.6 is 0 Å². The summed E-state index contributed by atoms with van der Waals surface area (Å²) in [5, 5.41) is 12.7. The minimum Gasteiger partial charge on any atom is -0.506 e. The van der Waals surface area contributed by atoms with Crippen LogP contribution in [0.15, 0.2) is 36.4 Å². The summed E-state index contributed by atoms with van der Waals surface area (Å²) in [6.07, 6.45) is 0.655. The van der Waals surface area contributed by atoms with Crippen molar-refractivity contribution in [3.8, 4) is 11.5 Å². The van der Waals surface area contributed by atoms with Gasteiger partial charge in [-0.1, -0.05) is 12.1 Å². The molecule has 1 heterocycles. The fourth-order valence-corrected chi connectivity index (χ4v) is 4.62. The standard InChI is InChI=1S/C19H22N2O5S/c1-13-4-5-14(10-18(13)26-2)11-19(23)20-16-12-15(6-7-17(16)22)21-8-3-9-27(21,24)25/h4-7,10,12,22H,3,8-9,11H2,1-2H3,(H,20,23). The van der Waals surface area contributed by atoms with Crippen molar-refractivity contribution in [1.82, 2.24) is 0 Å². The molecule has 0 spiro atoms. The van der Waals surface area contributed by atoms with Crippen LogP contribution in [0.3, 0.4) is 0 Å². The SMILES string of the molecule is COc1cc(CC(=O)Nc2cc(N3CCCS3(=O)=O)ccc2O)ccc1C. The molecule has 0 aliphatic carbocycles. The third-order valence-electron chi connectivity index (χ3n) is 4.48. The minimum absolute atomic E-state index is 0.0995. The van der Waals surface area contributed by atoms with Gasteiger partial charge in [0.25, 0.3) is 0 Å². The Morgan fingerprint density at radius 1 is 1.26 bits per heavy atom. The summed E-state index contributed by atoms with van der Waals surface area (Å²) >= 11 is 0. The van der Waals surface area contributed by atoms with Gasteiger partial charge in [-0.05, 0) is 48.7 Å². The lowest BCUT2D eigenvalue weighted by atomic mass is 10.1. The lowest BCUT2D eigenvalue weighted by Gasteiger charge is -2.18. The van der Waals surface area contributed by atoms with Gasteiger partial charge in [0, 0.05) is 6.54 Å². The van der Waals surface area contributed by atoms with Gasteiger partial charge in [-0.25, -0.2) is 8.42 Å². The number of carbonyl (C=O) groups is 1. The molecule has 0 aromatic heterocycles. The van der Waals surface area contributed by atoms with Crippen LogP contribution in [-0.4, -0.2) is 38.8 Å². The predicted octanol–water partition coefficient (Wildman–Crippen LogP) is 2.43. The van der Waals surface area contributed by atoms with Gasteiger partial charge in [0.2, 0.25) is 15.9 Å². The van der Waals surface area contributed by atoms with Crippen LogP contribution < -0.4 is 14.4 Å². The minimum atomic E-state index is -3.33. The highest BCUT2D eigenvalue weighted by Gasteiger charge is 2.28. The molecule has 2 aromatic rings. The van der Waals surface area contributed by atoms with Gasteiger partial charge < -0.3 is 15.2 Å². The van der Waals surface area contributed by atoms with Gasteiger partial charge in [0.1, 0.15) is 11.5 Å². The maximum atomic E-state index is 12.4. The maximum absolute atomic E-state index is 12.4. The number of rotatable bonds is 5. The van der Waals surface area contributed by atoms with E-state index in [1.807, 2.05) is 19.1 Å². The molecule has 144 valence electrons.